The standard InChI is InChI=1S/C11H10N2O/c14-11-5-10(7-1-2-7)13-9-3-4-12-6-8(9)11/h3-4,6-7H,1-2,5H2. The molecule has 3 heteroatoms. The summed E-state index contributed by atoms with van der Waals surface area (Å²) in [5.41, 5.74) is 2.56. The Morgan fingerprint density at radius 2 is 2.21 bits per heavy atom. The van der Waals surface area contributed by atoms with E-state index in [0.29, 0.717) is 17.9 Å². The minimum absolute atomic E-state index is 0.171. The third kappa shape index (κ3) is 1.16. The van der Waals surface area contributed by atoms with Gasteiger partial charge < -0.3 is 0 Å². The normalized spacial score (nSPS) is 20.3. The molecule has 14 heavy (non-hydrogen) atoms. The van der Waals surface area contributed by atoms with E-state index >= 15 is 0 Å². The van der Waals surface area contributed by atoms with Gasteiger partial charge in [0.25, 0.3) is 0 Å². The van der Waals surface area contributed by atoms with Gasteiger partial charge in [0.1, 0.15) is 0 Å². The zero-order valence-electron chi connectivity index (χ0n) is 7.73. The summed E-state index contributed by atoms with van der Waals surface area (Å²) in [4.78, 5) is 20.2. The lowest BCUT2D eigenvalue weighted by Crippen LogP contribution is -2.14. The highest BCUT2D eigenvalue weighted by Crippen LogP contribution is 2.36. The van der Waals surface area contributed by atoms with E-state index in [1.54, 1.807) is 12.4 Å². The summed E-state index contributed by atoms with van der Waals surface area (Å²) >= 11 is 0. The zero-order valence-corrected chi connectivity index (χ0v) is 7.73. The first-order valence-corrected chi connectivity index (χ1v) is 4.89. The molecule has 0 amide bonds. The van der Waals surface area contributed by atoms with Crippen LogP contribution in [0, 0.1) is 5.92 Å². The van der Waals surface area contributed by atoms with Crippen molar-refractivity contribution in [3.8, 4) is 0 Å². The van der Waals surface area contributed by atoms with Crippen LogP contribution >= 0.6 is 0 Å². The van der Waals surface area contributed by atoms with Gasteiger partial charge in [0, 0.05) is 24.5 Å². The summed E-state index contributed by atoms with van der Waals surface area (Å²) in [5.74, 6) is 0.755. The third-order valence-electron chi connectivity index (χ3n) is 2.75. The first-order valence-electron chi connectivity index (χ1n) is 4.89. The van der Waals surface area contributed by atoms with Gasteiger partial charge in [-0.2, -0.15) is 0 Å². The second-order valence-electron chi connectivity index (χ2n) is 3.87. The van der Waals surface area contributed by atoms with Gasteiger partial charge in [-0.3, -0.25) is 14.8 Å². The van der Waals surface area contributed by atoms with Crippen molar-refractivity contribution in [1.82, 2.24) is 4.98 Å². The average Bonchev–Trinajstić information content (AvgIpc) is 3.01. The molecule has 0 bridgehead atoms. The lowest BCUT2D eigenvalue weighted by Gasteiger charge is -2.12. The number of carbonyl (C=O) groups excluding carboxylic acids is 1. The molecule has 2 aliphatic rings. The number of hydrogen-bond donors (Lipinski definition) is 0. The van der Waals surface area contributed by atoms with Crippen LogP contribution in [-0.4, -0.2) is 16.5 Å². The summed E-state index contributed by atoms with van der Waals surface area (Å²) in [7, 11) is 0. The molecule has 0 atom stereocenters. The van der Waals surface area contributed by atoms with E-state index in [1.165, 1.54) is 12.8 Å². The molecule has 0 spiro atoms. The summed E-state index contributed by atoms with van der Waals surface area (Å²) in [5, 5.41) is 0. The molecule has 3 nitrogen and oxygen atoms in total. The summed E-state index contributed by atoms with van der Waals surface area (Å²) < 4.78 is 0. The molecule has 2 heterocycles. The first-order chi connectivity index (χ1) is 6.84. The van der Waals surface area contributed by atoms with Crippen molar-refractivity contribution in [3.63, 3.8) is 0 Å². The highest BCUT2D eigenvalue weighted by atomic mass is 16.1. The fourth-order valence-corrected chi connectivity index (χ4v) is 1.81. The Hall–Kier alpha value is -1.51. The lowest BCUT2D eigenvalue weighted by molar-refractivity contribution is 0.0998. The molecule has 1 saturated carbocycles. The Bertz CT molecular complexity index is 433. The van der Waals surface area contributed by atoms with E-state index in [-0.39, 0.29) is 5.78 Å². The number of aromatic nitrogens is 1. The molecule has 0 N–H and O–H groups in total. The van der Waals surface area contributed by atoms with Crippen molar-refractivity contribution in [2.24, 2.45) is 10.9 Å². The summed E-state index contributed by atoms with van der Waals surface area (Å²) in [6.07, 6.45) is 6.21. The number of pyridine rings is 1. The molecular weight excluding hydrogens is 176 g/mol. The van der Waals surface area contributed by atoms with Gasteiger partial charge in [-0.15, -0.1) is 0 Å². The molecular formula is C11H10N2O. The molecule has 0 saturated heterocycles. The van der Waals surface area contributed by atoms with Gasteiger partial charge in [-0.1, -0.05) is 0 Å². The molecule has 1 aromatic heterocycles. The minimum atomic E-state index is 0.171. The van der Waals surface area contributed by atoms with Gasteiger partial charge in [0.05, 0.1) is 11.3 Å². The number of hydrogen-bond acceptors (Lipinski definition) is 3. The SMILES string of the molecule is O=C1CC(C2CC2)=Nc2ccncc21. The van der Waals surface area contributed by atoms with Crippen molar-refractivity contribution in [1.29, 1.82) is 0 Å². The minimum Gasteiger partial charge on any atom is -0.294 e. The number of rotatable bonds is 1. The van der Waals surface area contributed by atoms with Crippen molar-refractivity contribution >= 4 is 17.2 Å². The third-order valence-corrected chi connectivity index (χ3v) is 2.75. The molecule has 1 fully saturated rings. The Morgan fingerprint density at radius 3 is 3.00 bits per heavy atom. The van der Waals surface area contributed by atoms with Crippen LogP contribution in [0.15, 0.2) is 23.5 Å². The highest BCUT2D eigenvalue weighted by molar-refractivity contribution is 6.16. The maximum atomic E-state index is 11.7. The number of ketones is 1. The Balaban J connectivity index is 2.09. The van der Waals surface area contributed by atoms with Gasteiger partial charge in [-0.05, 0) is 24.8 Å². The quantitative estimate of drug-likeness (QED) is 0.674. The number of aliphatic imine (C=N–C) groups is 1. The van der Waals surface area contributed by atoms with Crippen molar-refractivity contribution in [2.45, 2.75) is 19.3 Å². The fourth-order valence-electron chi connectivity index (χ4n) is 1.81. The van der Waals surface area contributed by atoms with Crippen LogP contribution in [0.25, 0.3) is 0 Å². The second-order valence-corrected chi connectivity index (χ2v) is 3.87. The van der Waals surface area contributed by atoms with Crippen LogP contribution in [0.4, 0.5) is 5.69 Å². The Labute approximate surface area is 81.9 Å². The molecule has 0 aromatic carbocycles. The molecule has 70 valence electrons. The smallest absolute Gasteiger partial charge is 0.172 e. The lowest BCUT2D eigenvalue weighted by atomic mass is 10.00. The van der Waals surface area contributed by atoms with E-state index < -0.39 is 0 Å². The van der Waals surface area contributed by atoms with Gasteiger partial charge in [-0.25, -0.2) is 0 Å². The van der Waals surface area contributed by atoms with Crippen LogP contribution in [0.3, 0.4) is 0 Å². The van der Waals surface area contributed by atoms with Crippen LogP contribution in [0.1, 0.15) is 29.6 Å². The monoisotopic (exact) mass is 186 g/mol. The topological polar surface area (TPSA) is 42.3 Å². The van der Waals surface area contributed by atoms with E-state index in [2.05, 4.69) is 9.98 Å². The number of nitrogens with zero attached hydrogens (tertiary/aromatic N) is 2. The number of fused-ring (bicyclic) bond motifs is 1. The van der Waals surface area contributed by atoms with Crippen molar-refractivity contribution in [3.05, 3.63) is 24.0 Å². The maximum Gasteiger partial charge on any atom is 0.172 e. The number of Topliss-reactive ketones (excluding diaryl/α,β-unsaturated/α-hetero) is 1. The molecule has 0 radical (unpaired) electrons. The predicted octanol–water partition coefficient (Wildman–Crippen LogP) is 2.15. The molecule has 1 aliphatic carbocycles. The van der Waals surface area contributed by atoms with Crippen LogP contribution in [0.2, 0.25) is 0 Å². The summed E-state index contributed by atoms with van der Waals surface area (Å²) in [6, 6.07) is 1.81. The Morgan fingerprint density at radius 1 is 1.36 bits per heavy atom. The van der Waals surface area contributed by atoms with Crippen LogP contribution in [0.5, 0.6) is 0 Å². The van der Waals surface area contributed by atoms with Gasteiger partial charge in [0.15, 0.2) is 5.78 Å². The van der Waals surface area contributed by atoms with Crippen LogP contribution < -0.4 is 0 Å². The van der Waals surface area contributed by atoms with E-state index in [1.807, 2.05) is 6.07 Å². The van der Waals surface area contributed by atoms with Crippen molar-refractivity contribution < 1.29 is 4.79 Å². The molecule has 3 rings (SSSR count). The highest BCUT2D eigenvalue weighted by Gasteiger charge is 2.31. The van der Waals surface area contributed by atoms with E-state index in [9.17, 15) is 4.79 Å². The van der Waals surface area contributed by atoms with Gasteiger partial charge in [0.2, 0.25) is 0 Å². The molecule has 1 aliphatic heterocycles. The van der Waals surface area contributed by atoms with Crippen molar-refractivity contribution in [2.75, 3.05) is 0 Å². The Kier molecular flexibility index (Phi) is 1.54. The zero-order chi connectivity index (χ0) is 9.54. The largest absolute Gasteiger partial charge is 0.294 e. The fraction of sp³-hybridized carbons (Fsp3) is 0.364. The van der Waals surface area contributed by atoms with Crippen LogP contribution in [-0.2, 0) is 0 Å². The van der Waals surface area contributed by atoms with Gasteiger partial charge >= 0.3 is 0 Å². The average molecular weight is 186 g/mol. The summed E-state index contributed by atoms with van der Waals surface area (Å²) in [6.45, 7) is 0. The predicted molar refractivity (Wildman–Crippen MR) is 53.0 cm³/mol. The first kappa shape index (κ1) is 7.85. The molecule has 1 aromatic rings. The maximum absolute atomic E-state index is 11.7. The van der Waals surface area contributed by atoms with E-state index in [0.717, 1.165) is 11.4 Å². The number of carbonyl (C=O) groups is 1. The van der Waals surface area contributed by atoms with E-state index in [4.69, 9.17) is 0 Å². The second kappa shape index (κ2) is 2.74. The molecule has 0 unspecified atom stereocenters.